The highest BCUT2D eigenvalue weighted by Crippen LogP contribution is 2.15. The maximum absolute atomic E-state index is 5.47. The van der Waals surface area contributed by atoms with Crippen LogP contribution in [0.25, 0.3) is 11.3 Å². The van der Waals surface area contributed by atoms with Crippen molar-refractivity contribution in [2.75, 3.05) is 6.54 Å². The van der Waals surface area contributed by atoms with E-state index in [-0.39, 0.29) is 0 Å². The molecule has 1 heterocycles. The van der Waals surface area contributed by atoms with Gasteiger partial charge in [0.2, 0.25) is 0 Å². The number of nitrogens with zero attached hydrogens (tertiary/aromatic N) is 2. The number of hydrogen-bond acceptors (Lipinski definition) is 3. The van der Waals surface area contributed by atoms with Crippen LogP contribution in [0.2, 0.25) is 0 Å². The molecule has 0 saturated heterocycles. The van der Waals surface area contributed by atoms with Gasteiger partial charge in [0.15, 0.2) is 0 Å². The van der Waals surface area contributed by atoms with Gasteiger partial charge in [-0.05, 0) is 19.0 Å². The van der Waals surface area contributed by atoms with Gasteiger partial charge in [-0.15, -0.1) is 0 Å². The van der Waals surface area contributed by atoms with E-state index in [1.54, 1.807) is 6.20 Å². The molecule has 0 bridgehead atoms. The predicted octanol–water partition coefficient (Wildman–Crippen LogP) is 2.03. The molecule has 3 heteroatoms. The number of nitrogens with two attached hydrogens (primary N) is 1. The fraction of sp³-hybridized carbons (Fsp3) is 0.231. The quantitative estimate of drug-likeness (QED) is 0.845. The maximum atomic E-state index is 5.47. The van der Waals surface area contributed by atoms with Crippen LogP contribution >= 0.6 is 0 Å². The summed E-state index contributed by atoms with van der Waals surface area (Å²) in [5.74, 6) is 0.867. The lowest BCUT2D eigenvalue weighted by Crippen LogP contribution is -2.03. The van der Waals surface area contributed by atoms with Gasteiger partial charge in [-0.1, -0.05) is 30.3 Å². The average Bonchev–Trinajstić information content (AvgIpc) is 2.38. The molecule has 16 heavy (non-hydrogen) atoms. The number of benzene rings is 1. The third-order valence-corrected chi connectivity index (χ3v) is 2.38. The number of aryl methyl sites for hydroxylation is 1. The third-order valence-electron chi connectivity index (χ3n) is 2.38. The zero-order chi connectivity index (χ0) is 11.2. The molecule has 2 rings (SSSR count). The zero-order valence-electron chi connectivity index (χ0n) is 9.13. The van der Waals surface area contributed by atoms with Crippen LogP contribution in [-0.2, 0) is 6.42 Å². The summed E-state index contributed by atoms with van der Waals surface area (Å²) in [7, 11) is 0. The summed E-state index contributed by atoms with van der Waals surface area (Å²) < 4.78 is 0. The minimum Gasteiger partial charge on any atom is -0.330 e. The Labute approximate surface area is 95.4 Å². The third kappa shape index (κ3) is 2.64. The highest BCUT2D eigenvalue weighted by molar-refractivity contribution is 5.58. The van der Waals surface area contributed by atoms with E-state index in [0.717, 1.165) is 29.9 Å². The molecule has 0 aliphatic heterocycles. The minimum absolute atomic E-state index is 0.679. The molecule has 1 aromatic carbocycles. The molecule has 0 aliphatic carbocycles. The molecule has 3 nitrogen and oxygen atoms in total. The Morgan fingerprint density at radius 3 is 2.62 bits per heavy atom. The molecule has 2 aromatic rings. The van der Waals surface area contributed by atoms with E-state index in [2.05, 4.69) is 22.1 Å². The molecule has 0 amide bonds. The normalized spacial score (nSPS) is 10.3. The first-order chi connectivity index (χ1) is 7.90. The topological polar surface area (TPSA) is 51.8 Å². The largest absolute Gasteiger partial charge is 0.330 e. The first kappa shape index (κ1) is 10.8. The minimum atomic E-state index is 0.679. The highest BCUT2D eigenvalue weighted by atomic mass is 14.9. The molecule has 0 fully saturated rings. The van der Waals surface area contributed by atoms with Gasteiger partial charge in [-0.3, -0.25) is 0 Å². The molecule has 2 N–H and O–H groups in total. The summed E-state index contributed by atoms with van der Waals surface area (Å²) in [5, 5.41) is 0. The van der Waals surface area contributed by atoms with Crippen molar-refractivity contribution in [1.82, 2.24) is 9.97 Å². The van der Waals surface area contributed by atoms with Crippen molar-refractivity contribution in [2.45, 2.75) is 12.8 Å². The monoisotopic (exact) mass is 213 g/mol. The van der Waals surface area contributed by atoms with Crippen LogP contribution < -0.4 is 5.73 Å². The second-order valence-electron chi connectivity index (χ2n) is 3.62. The van der Waals surface area contributed by atoms with Crippen LogP contribution in [0, 0.1) is 0 Å². The molecule has 0 radical (unpaired) electrons. The molecule has 82 valence electrons. The van der Waals surface area contributed by atoms with Crippen molar-refractivity contribution in [2.24, 2.45) is 5.73 Å². The fourth-order valence-corrected chi connectivity index (χ4v) is 1.55. The van der Waals surface area contributed by atoms with E-state index in [1.807, 2.05) is 24.3 Å². The van der Waals surface area contributed by atoms with E-state index in [0.29, 0.717) is 6.54 Å². The summed E-state index contributed by atoms with van der Waals surface area (Å²) in [6, 6.07) is 12.1. The highest BCUT2D eigenvalue weighted by Gasteiger charge is 2.00. The van der Waals surface area contributed by atoms with E-state index < -0.39 is 0 Å². The molecule has 0 aliphatic rings. The van der Waals surface area contributed by atoms with Gasteiger partial charge in [0, 0.05) is 18.2 Å². The van der Waals surface area contributed by atoms with Gasteiger partial charge in [0.25, 0.3) is 0 Å². The van der Waals surface area contributed by atoms with Crippen molar-refractivity contribution in [1.29, 1.82) is 0 Å². The van der Waals surface area contributed by atoms with Gasteiger partial charge in [-0.25, -0.2) is 9.97 Å². The summed E-state index contributed by atoms with van der Waals surface area (Å²) >= 11 is 0. The van der Waals surface area contributed by atoms with E-state index >= 15 is 0 Å². The van der Waals surface area contributed by atoms with Crippen LogP contribution in [-0.4, -0.2) is 16.5 Å². The second kappa shape index (κ2) is 5.37. The van der Waals surface area contributed by atoms with Gasteiger partial charge in [0.1, 0.15) is 5.82 Å². The van der Waals surface area contributed by atoms with Crippen LogP contribution in [0.3, 0.4) is 0 Å². The zero-order valence-corrected chi connectivity index (χ0v) is 9.13. The molecule has 0 spiro atoms. The van der Waals surface area contributed by atoms with Crippen molar-refractivity contribution >= 4 is 0 Å². The Bertz CT molecular complexity index is 440. The second-order valence-corrected chi connectivity index (χ2v) is 3.62. The molecule has 0 unspecified atom stereocenters. The summed E-state index contributed by atoms with van der Waals surface area (Å²) in [5.41, 5.74) is 7.57. The van der Waals surface area contributed by atoms with E-state index in [1.165, 1.54) is 0 Å². The SMILES string of the molecule is NCCCc1nccc(-c2ccccc2)n1. The van der Waals surface area contributed by atoms with Gasteiger partial charge >= 0.3 is 0 Å². The molecule has 1 aromatic heterocycles. The molecular weight excluding hydrogens is 198 g/mol. The summed E-state index contributed by atoms with van der Waals surface area (Å²) in [4.78, 5) is 8.75. The first-order valence-electron chi connectivity index (χ1n) is 5.47. The summed E-state index contributed by atoms with van der Waals surface area (Å²) in [6.45, 7) is 0.679. The Morgan fingerprint density at radius 1 is 1.06 bits per heavy atom. The van der Waals surface area contributed by atoms with Crippen molar-refractivity contribution in [3.8, 4) is 11.3 Å². The predicted molar refractivity (Wildman–Crippen MR) is 64.8 cm³/mol. The lowest BCUT2D eigenvalue weighted by atomic mass is 10.1. The number of hydrogen-bond donors (Lipinski definition) is 1. The van der Waals surface area contributed by atoms with E-state index in [9.17, 15) is 0 Å². The van der Waals surface area contributed by atoms with Crippen LogP contribution in [0.1, 0.15) is 12.2 Å². The van der Waals surface area contributed by atoms with Crippen molar-refractivity contribution in [3.63, 3.8) is 0 Å². The smallest absolute Gasteiger partial charge is 0.128 e. The van der Waals surface area contributed by atoms with E-state index in [4.69, 9.17) is 5.73 Å². The Morgan fingerprint density at radius 2 is 1.88 bits per heavy atom. The lowest BCUT2D eigenvalue weighted by Gasteiger charge is -2.03. The van der Waals surface area contributed by atoms with Gasteiger partial charge in [0.05, 0.1) is 5.69 Å². The van der Waals surface area contributed by atoms with Gasteiger partial charge < -0.3 is 5.73 Å². The average molecular weight is 213 g/mol. The van der Waals surface area contributed by atoms with Crippen LogP contribution in [0.5, 0.6) is 0 Å². The van der Waals surface area contributed by atoms with Crippen LogP contribution in [0.15, 0.2) is 42.6 Å². The standard InChI is InChI=1S/C13H15N3/c14-9-4-7-13-15-10-8-12(16-13)11-5-2-1-3-6-11/h1-3,5-6,8,10H,4,7,9,14H2. The van der Waals surface area contributed by atoms with Gasteiger partial charge in [-0.2, -0.15) is 0 Å². The van der Waals surface area contributed by atoms with Crippen molar-refractivity contribution in [3.05, 3.63) is 48.4 Å². The molecular formula is C13H15N3. The lowest BCUT2D eigenvalue weighted by molar-refractivity contribution is 0.782. The Balaban J connectivity index is 2.22. The molecule has 0 saturated carbocycles. The summed E-state index contributed by atoms with van der Waals surface area (Å²) in [6.07, 6.45) is 3.58. The Kier molecular flexibility index (Phi) is 3.62. The Hall–Kier alpha value is -1.74. The van der Waals surface area contributed by atoms with Crippen LogP contribution in [0.4, 0.5) is 0 Å². The van der Waals surface area contributed by atoms with Crippen molar-refractivity contribution < 1.29 is 0 Å². The first-order valence-corrected chi connectivity index (χ1v) is 5.47. The maximum Gasteiger partial charge on any atom is 0.128 e. The molecule has 0 atom stereocenters. The number of aromatic nitrogens is 2. The number of rotatable bonds is 4. The fourth-order valence-electron chi connectivity index (χ4n) is 1.55.